The molecular weight excluding hydrogens is 144 g/mol. The van der Waals surface area contributed by atoms with Gasteiger partial charge in [0.15, 0.2) is 0 Å². The van der Waals surface area contributed by atoms with Crippen LogP contribution in [0.1, 0.15) is 31.9 Å². The van der Waals surface area contributed by atoms with Crippen LogP contribution in [0, 0.1) is 6.92 Å². The van der Waals surface area contributed by atoms with Gasteiger partial charge in [-0.05, 0) is 19.4 Å². The molecule has 0 spiro atoms. The third kappa shape index (κ3) is 3.97. The van der Waals surface area contributed by atoms with Gasteiger partial charge in [0.2, 0.25) is 0 Å². The molecule has 0 aliphatic carbocycles. The maximum absolute atomic E-state index is 2.12. The highest BCUT2D eigenvalue weighted by atomic mass is 13.9. The Morgan fingerprint density at radius 2 is 1.50 bits per heavy atom. The molecule has 0 amide bonds. The summed E-state index contributed by atoms with van der Waals surface area (Å²) in [5.41, 5.74) is 2.58. The molecular formula is C12H18. The Balaban J connectivity index is 0.000000561. The van der Waals surface area contributed by atoms with E-state index in [1.165, 1.54) is 11.1 Å². The number of aryl methyl sites for hydroxylation is 1. The van der Waals surface area contributed by atoms with Gasteiger partial charge in [-0.2, -0.15) is 0 Å². The van der Waals surface area contributed by atoms with Gasteiger partial charge in [-0.1, -0.05) is 55.8 Å². The lowest BCUT2D eigenvalue weighted by molar-refractivity contribution is 1.46. The topological polar surface area (TPSA) is 0 Å². The molecule has 0 heterocycles. The number of hydrogen-bond donors (Lipinski definition) is 0. The SMILES string of the molecule is C/C=C/c1ccc(C)cc1.CC. The summed E-state index contributed by atoms with van der Waals surface area (Å²) in [5.74, 6) is 0. The number of allylic oxidation sites excluding steroid dienone is 1. The van der Waals surface area contributed by atoms with Crippen LogP contribution in [0.3, 0.4) is 0 Å². The minimum atomic E-state index is 1.27. The Bertz CT molecular complexity index is 216. The lowest BCUT2D eigenvalue weighted by atomic mass is 10.1. The van der Waals surface area contributed by atoms with E-state index in [1.807, 2.05) is 26.8 Å². The van der Waals surface area contributed by atoms with Crippen LogP contribution < -0.4 is 0 Å². The molecule has 0 saturated carbocycles. The first kappa shape index (κ1) is 11.0. The second kappa shape index (κ2) is 6.66. The number of rotatable bonds is 1. The monoisotopic (exact) mass is 162 g/mol. The van der Waals surface area contributed by atoms with Crippen molar-refractivity contribution in [2.75, 3.05) is 0 Å². The fraction of sp³-hybridized carbons (Fsp3) is 0.333. The normalized spacial score (nSPS) is 9.33. The van der Waals surface area contributed by atoms with E-state index in [2.05, 4.69) is 37.3 Å². The van der Waals surface area contributed by atoms with E-state index < -0.39 is 0 Å². The molecule has 1 aromatic rings. The van der Waals surface area contributed by atoms with E-state index in [0.29, 0.717) is 0 Å². The van der Waals surface area contributed by atoms with Crippen molar-refractivity contribution >= 4 is 6.08 Å². The first-order valence-electron chi connectivity index (χ1n) is 4.52. The summed E-state index contributed by atoms with van der Waals surface area (Å²) in [7, 11) is 0. The maximum atomic E-state index is 2.12. The summed E-state index contributed by atoms with van der Waals surface area (Å²) in [4.78, 5) is 0. The molecule has 0 atom stereocenters. The second-order valence-corrected chi connectivity index (χ2v) is 2.41. The fourth-order valence-electron chi connectivity index (χ4n) is 0.870. The van der Waals surface area contributed by atoms with Crippen molar-refractivity contribution in [2.24, 2.45) is 0 Å². The van der Waals surface area contributed by atoms with Gasteiger partial charge in [-0.25, -0.2) is 0 Å². The molecule has 0 fully saturated rings. The smallest absolute Gasteiger partial charge is 0.0260 e. The van der Waals surface area contributed by atoms with E-state index in [9.17, 15) is 0 Å². The molecule has 0 aromatic heterocycles. The molecule has 66 valence electrons. The van der Waals surface area contributed by atoms with Crippen LogP contribution in [-0.4, -0.2) is 0 Å². The highest BCUT2D eigenvalue weighted by Crippen LogP contribution is 2.04. The number of benzene rings is 1. The molecule has 12 heavy (non-hydrogen) atoms. The molecule has 0 aliphatic rings. The predicted molar refractivity (Wildman–Crippen MR) is 57.2 cm³/mol. The van der Waals surface area contributed by atoms with Crippen LogP contribution in [0.15, 0.2) is 30.3 Å². The molecule has 0 radical (unpaired) electrons. The fourth-order valence-corrected chi connectivity index (χ4v) is 0.870. The van der Waals surface area contributed by atoms with E-state index in [0.717, 1.165) is 0 Å². The van der Waals surface area contributed by atoms with Crippen molar-refractivity contribution in [3.05, 3.63) is 41.5 Å². The van der Waals surface area contributed by atoms with Crippen LogP contribution in [0.25, 0.3) is 6.08 Å². The van der Waals surface area contributed by atoms with Gasteiger partial charge in [0.1, 0.15) is 0 Å². The van der Waals surface area contributed by atoms with Gasteiger partial charge in [0, 0.05) is 0 Å². The molecule has 1 aromatic carbocycles. The quantitative estimate of drug-likeness (QED) is 0.584. The average Bonchev–Trinajstić information content (AvgIpc) is 2.13. The molecule has 0 bridgehead atoms. The molecule has 0 N–H and O–H groups in total. The van der Waals surface area contributed by atoms with E-state index in [-0.39, 0.29) is 0 Å². The zero-order chi connectivity index (χ0) is 9.40. The summed E-state index contributed by atoms with van der Waals surface area (Å²) >= 11 is 0. The average molecular weight is 162 g/mol. The minimum absolute atomic E-state index is 1.27. The zero-order valence-electron chi connectivity index (χ0n) is 8.46. The lowest BCUT2D eigenvalue weighted by Gasteiger charge is -1.92. The van der Waals surface area contributed by atoms with Gasteiger partial charge >= 0.3 is 0 Å². The van der Waals surface area contributed by atoms with Crippen LogP contribution in [-0.2, 0) is 0 Å². The number of hydrogen-bond acceptors (Lipinski definition) is 0. The lowest BCUT2D eigenvalue weighted by Crippen LogP contribution is -1.71. The third-order valence-electron chi connectivity index (χ3n) is 1.44. The van der Waals surface area contributed by atoms with Crippen LogP contribution >= 0.6 is 0 Å². The van der Waals surface area contributed by atoms with E-state index in [1.54, 1.807) is 0 Å². The summed E-state index contributed by atoms with van der Waals surface area (Å²) in [6, 6.07) is 8.48. The molecule has 0 heteroatoms. The third-order valence-corrected chi connectivity index (χ3v) is 1.44. The molecule has 0 saturated heterocycles. The molecule has 1 rings (SSSR count). The molecule has 0 unspecified atom stereocenters. The standard InChI is InChI=1S/C10H12.C2H6/c1-3-4-10-7-5-9(2)6-8-10;1-2/h3-8H,1-2H3;1-2H3/b4-3+;. The van der Waals surface area contributed by atoms with Crippen molar-refractivity contribution < 1.29 is 0 Å². The van der Waals surface area contributed by atoms with Gasteiger partial charge < -0.3 is 0 Å². The van der Waals surface area contributed by atoms with Crippen molar-refractivity contribution in [2.45, 2.75) is 27.7 Å². The van der Waals surface area contributed by atoms with Crippen molar-refractivity contribution in [1.82, 2.24) is 0 Å². The summed E-state index contributed by atoms with van der Waals surface area (Å²) < 4.78 is 0. The van der Waals surface area contributed by atoms with E-state index in [4.69, 9.17) is 0 Å². The second-order valence-electron chi connectivity index (χ2n) is 2.41. The Labute approximate surface area is 75.9 Å². The molecule has 0 aliphatic heterocycles. The Kier molecular flexibility index (Phi) is 6.08. The molecule has 0 nitrogen and oxygen atoms in total. The zero-order valence-corrected chi connectivity index (χ0v) is 8.46. The maximum Gasteiger partial charge on any atom is -0.0260 e. The Hall–Kier alpha value is -1.04. The highest BCUT2D eigenvalue weighted by Gasteiger charge is 1.83. The predicted octanol–water partition coefficient (Wildman–Crippen LogP) is 4.05. The Morgan fingerprint density at radius 1 is 1.00 bits per heavy atom. The van der Waals surface area contributed by atoms with Crippen molar-refractivity contribution in [3.8, 4) is 0 Å². The van der Waals surface area contributed by atoms with Crippen LogP contribution in [0.5, 0.6) is 0 Å². The van der Waals surface area contributed by atoms with Crippen molar-refractivity contribution in [1.29, 1.82) is 0 Å². The van der Waals surface area contributed by atoms with Crippen LogP contribution in [0.4, 0.5) is 0 Å². The first-order valence-corrected chi connectivity index (χ1v) is 4.52. The van der Waals surface area contributed by atoms with Gasteiger partial charge in [0.05, 0.1) is 0 Å². The largest absolute Gasteiger partial charge is 0.0871 e. The van der Waals surface area contributed by atoms with Gasteiger partial charge in [-0.15, -0.1) is 0 Å². The van der Waals surface area contributed by atoms with E-state index >= 15 is 0 Å². The minimum Gasteiger partial charge on any atom is -0.0871 e. The summed E-state index contributed by atoms with van der Waals surface area (Å²) in [6.07, 6.45) is 4.14. The first-order chi connectivity index (χ1) is 5.83. The van der Waals surface area contributed by atoms with Crippen LogP contribution in [0.2, 0.25) is 0 Å². The van der Waals surface area contributed by atoms with Crippen molar-refractivity contribution in [3.63, 3.8) is 0 Å². The highest BCUT2D eigenvalue weighted by molar-refractivity contribution is 5.48. The van der Waals surface area contributed by atoms with Gasteiger partial charge in [0.25, 0.3) is 0 Å². The van der Waals surface area contributed by atoms with Gasteiger partial charge in [-0.3, -0.25) is 0 Å². The summed E-state index contributed by atoms with van der Waals surface area (Å²) in [5, 5.41) is 0. The summed E-state index contributed by atoms with van der Waals surface area (Å²) in [6.45, 7) is 8.12. The Morgan fingerprint density at radius 3 is 1.92 bits per heavy atom.